The molecular weight excluding hydrogens is 302 g/mol. The molecule has 20 heavy (non-hydrogen) atoms. The molecule has 6 nitrogen and oxygen atoms in total. The summed E-state index contributed by atoms with van der Waals surface area (Å²) >= 11 is 6.02. The summed E-state index contributed by atoms with van der Waals surface area (Å²) in [5.74, 6) is 0.749. The Labute approximate surface area is 124 Å². The molecule has 0 aliphatic carbocycles. The molecule has 0 saturated carbocycles. The van der Waals surface area contributed by atoms with Gasteiger partial charge in [0.1, 0.15) is 11.0 Å². The van der Waals surface area contributed by atoms with Crippen LogP contribution in [0, 0.1) is 0 Å². The van der Waals surface area contributed by atoms with Gasteiger partial charge in [0.2, 0.25) is 10.0 Å². The molecule has 1 aliphatic rings. The molecule has 1 fully saturated rings. The first-order chi connectivity index (χ1) is 9.35. The summed E-state index contributed by atoms with van der Waals surface area (Å²) in [5, 5.41) is 0.353. The first-order valence-corrected chi connectivity index (χ1v) is 8.57. The molecule has 112 valence electrons. The van der Waals surface area contributed by atoms with Crippen LogP contribution in [0.5, 0.6) is 0 Å². The lowest BCUT2D eigenvalue weighted by Gasteiger charge is -2.34. The molecule has 1 N–H and O–H groups in total. The summed E-state index contributed by atoms with van der Waals surface area (Å²) in [5.41, 5.74) is 0.782. The zero-order chi connectivity index (χ0) is 14.8. The Balaban J connectivity index is 2.19. The van der Waals surface area contributed by atoms with Crippen LogP contribution in [0.25, 0.3) is 0 Å². The number of halogens is 1. The van der Waals surface area contributed by atoms with Crippen molar-refractivity contribution >= 4 is 27.4 Å². The topological polar surface area (TPSA) is 71.5 Å². The van der Waals surface area contributed by atoms with E-state index in [9.17, 15) is 8.42 Å². The zero-order valence-electron chi connectivity index (χ0n) is 11.5. The van der Waals surface area contributed by atoms with Crippen LogP contribution in [0.15, 0.2) is 12.1 Å². The van der Waals surface area contributed by atoms with Crippen molar-refractivity contribution in [2.75, 3.05) is 30.9 Å². The number of hydrogen-bond donors (Lipinski definition) is 1. The van der Waals surface area contributed by atoms with Crippen LogP contribution in [0.1, 0.15) is 12.5 Å². The molecule has 2 heterocycles. The fourth-order valence-corrected chi connectivity index (χ4v) is 2.72. The Bertz CT molecular complexity index is 579. The summed E-state index contributed by atoms with van der Waals surface area (Å²) in [6.07, 6.45) is 1.13. The van der Waals surface area contributed by atoms with Crippen LogP contribution in [0.4, 0.5) is 5.82 Å². The van der Waals surface area contributed by atoms with Crippen molar-refractivity contribution < 1.29 is 13.2 Å². The minimum absolute atomic E-state index is 0.201. The quantitative estimate of drug-likeness (QED) is 0.839. The van der Waals surface area contributed by atoms with Gasteiger partial charge in [0.15, 0.2) is 0 Å². The predicted octanol–water partition coefficient (Wildman–Crippen LogP) is 1.01. The number of pyridine rings is 1. The van der Waals surface area contributed by atoms with Crippen molar-refractivity contribution in [3.8, 4) is 0 Å². The Morgan fingerprint density at radius 1 is 1.55 bits per heavy atom. The first-order valence-electron chi connectivity index (χ1n) is 6.30. The van der Waals surface area contributed by atoms with Crippen molar-refractivity contribution in [2.45, 2.75) is 19.5 Å². The van der Waals surface area contributed by atoms with Crippen molar-refractivity contribution in [1.82, 2.24) is 9.71 Å². The largest absolute Gasteiger partial charge is 0.377 e. The molecule has 1 aromatic rings. The lowest BCUT2D eigenvalue weighted by atomic mass is 10.2. The van der Waals surface area contributed by atoms with Gasteiger partial charge in [-0.3, -0.25) is 0 Å². The van der Waals surface area contributed by atoms with E-state index in [2.05, 4.69) is 21.5 Å². The van der Waals surface area contributed by atoms with Crippen molar-refractivity contribution in [2.24, 2.45) is 0 Å². The van der Waals surface area contributed by atoms with Gasteiger partial charge in [-0.05, 0) is 24.6 Å². The van der Waals surface area contributed by atoms with Crippen LogP contribution in [0.2, 0.25) is 5.15 Å². The van der Waals surface area contributed by atoms with E-state index in [-0.39, 0.29) is 12.6 Å². The van der Waals surface area contributed by atoms with Crippen LogP contribution in [-0.4, -0.2) is 45.5 Å². The maximum atomic E-state index is 11.1. The average Bonchev–Trinajstić information content (AvgIpc) is 2.35. The van der Waals surface area contributed by atoms with Gasteiger partial charge in [-0.2, -0.15) is 0 Å². The van der Waals surface area contributed by atoms with E-state index in [4.69, 9.17) is 16.3 Å². The van der Waals surface area contributed by atoms with Crippen LogP contribution < -0.4 is 9.62 Å². The molecule has 0 radical (unpaired) electrons. The lowest BCUT2D eigenvalue weighted by molar-refractivity contribution is 0.0985. The second-order valence-corrected chi connectivity index (χ2v) is 7.09. The van der Waals surface area contributed by atoms with E-state index >= 15 is 0 Å². The first kappa shape index (κ1) is 15.5. The smallest absolute Gasteiger partial charge is 0.209 e. The second-order valence-electron chi connectivity index (χ2n) is 4.87. The summed E-state index contributed by atoms with van der Waals surface area (Å²) in [4.78, 5) is 6.42. The normalized spacial score (nSPS) is 20.1. The summed E-state index contributed by atoms with van der Waals surface area (Å²) in [6, 6.07) is 3.73. The fourth-order valence-electron chi connectivity index (χ4n) is 2.07. The lowest BCUT2D eigenvalue weighted by Crippen LogP contribution is -2.44. The number of ether oxygens (including phenoxy) is 1. The number of rotatable bonds is 4. The van der Waals surface area contributed by atoms with Gasteiger partial charge < -0.3 is 9.64 Å². The van der Waals surface area contributed by atoms with Gasteiger partial charge in [-0.1, -0.05) is 11.6 Å². The molecule has 1 aromatic heterocycles. The maximum Gasteiger partial charge on any atom is 0.209 e. The highest BCUT2D eigenvalue weighted by atomic mass is 35.5. The third kappa shape index (κ3) is 4.31. The molecule has 1 saturated heterocycles. The predicted molar refractivity (Wildman–Crippen MR) is 78.6 cm³/mol. The van der Waals surface area contributed by atoms with Crippen LogP contribution >= 0.6 is 11.6 Å². The van der Waals surface area contributed by atoms with E-state index in [1.807, 2.05) is 6.07 Å². The van der Waals surface area contributed by atoms with E-state index in [0.717, 1.165) is 24.2 Å². The summed E-state index contributed by atoms with van der Waals surface area (Å²) < 4.78 is 30.1. The fraction of sp³-hybridized carbons (Fsp3) is 0.583. The standard InChI is InChI=1S/C12H18ClN3O3S/c1-9-8-19-4-3-16(9)12-6-10(5-11(13)15-12)7-14-20(2,17)18/h5-6,9,14H,3-4,7-8H2,1-2H3/t9-/m1/s1. The molecule has 0 bridgehead atoms. The van der Waals surface area contributed by atoms with Crippen LogP contribution in [0.3, 0.4) is 0 Å². The number of morpholine rings is 1. The third-order valence-electron chi connectivity index (χ3n) is 3.04. The average molecular weight is 320 g/mol. The summed E-state index contributed by atoms with van der Waals surface area (Å²) in [6.45, 7) is 4.29. The molecule has 8 heteroatoms. The highest BCUT2D eigenvalue weighted by Crippen LogP contribution is 2.21. The number of nitrogens with zero attached hydrogens (tertiary/aromatic N) is 2. The molecule has 0 aromatic carbocycles. The number of aromatic nitrogens is 1. The minimum atomic E-state index is -3.23. The SMILES string of the molecule is C[C@@H]1COCCN1c1cc(CNS(C)(=O)=O)cc(Cl)n1. The second kappa shape index (κ2) is 6.26. The third-order valence-corrected chi connectivity index (χ3v) is 3.90. The monoisotopic (exact) mass is 319 g/mol. The minimum Gasteiger partial charge on any atom is -0.377 e. The number of anilines is 1. The van der Waals surface area contributed by atoms with Crippen molar-refractivity contribution in [3.63, 3.8) is 0 Å². The Morgan fingerprint density at radius 2 is 2.30 bits per heavy atom. The number of sulfonamides is 1. The number of hydrogen-bond acceptors (Lipinski definition) is 5. The van der Waals surface area contributed by atoms with Gasteiger partial charge in [0.05, 0.1) is 25.5 Å². The van der Waals surface area contributed by atoms with Gasteiger partial charge in [-0.15, -0.1) is 0 Å². The summed E-state index contributed by atoms with van der Waals surface area (Å²) in [7, 11) is -3.23. The Morgan fingerprint density at radius 3 is 2.95 bits per heavy atom. The van der Waals surface area contributed by atoms with E-state index in [0.29, 0.717) is 18.4 Å². The molecule has 2 rings (SSSR count). The van der Waals surface area contributed by atoms with Crippen LogP contribution in [-0.2, 0) is 21.3 Å². The molecule has 0 amide bonds. The van der Waals surface area contributed by atoms with E-state index in [1.54, 1.807) is 6.07 Å². The van der Waals surface area contributed by atoms with E-state index in [1.165, 1.54) is 0 Å². The van der Waals surface area contributed by atoms with E-state index < -0.39 is 10.0 Å². The highest BCUT2D eigenvalue weighted by Gasteiger charge is 2.21. The van der Waals surface area contributed by atoms with Gasteiger partial charge in [0, 0.05) is 13.1 Å². The van der Waals surface area contributed by atoms with Crippen molar-refractivity contribution in [3.05, 3.63) is 22.8 Å². The van der Waals surface area contributed by atoms with Gasteiger partial charge in [-0.25, -0.2) is 18.1 Å². The highest BCUT2D eigenvalue weighted by molar-refractivity contribution is 7.88. The molecular formula is C12H18ClN3O3S. The van der Waals surface area contributed by atoms with Gasteiger partial charge >= 0.3 is 0 Å². The molecule has 1 aliphatic heterocycles. The Hall–Kier alpha value is -0.890. The molecule has 0 unspecified atom stereocenters. The Kier molecular flexibility index (Phi) is 4.85. The molecule has 0 spiro atoms. The van der Waals surface area contributed by atoms with Gasteiger partial charge in [0.25, 0.3) is 0 Å². The molecule has 1 atom stereocenters. The number of nitrogens with one attached hydrogen (secondary N) is 1. The van der Waals surface area contributed by atoms with Crippen molar-refractivity contribution in [1.29, 1.82) is 0 Å². The maximum absolute atomic E-state index is 11.1. The zero-order valence-corrected chi connectivity index (χ0v) is 13.0.